The van der Waals surface area contributed by atoms with Gasteiger partial charge in [0.05, 0.1) is 12.6 Å². The van der Waals surface area contributed by atoms with Crippen molar-refractivity contribution in [2.45, 2.75) is 43.7 Å². The average molecular weight is 407 g/mol. The van der Waals surface area contributed by atoms with Crippen molar-refractivity contribution in [2.24, 2.45) is 5.92 Å². The molecule has 1 aromatic carbocycles. The van der Waals surface area contributed by atoms with E-state index in [-0.39, 0.29) is 24.0 Å². The average Bonchev–Trinajstić information content (AvgIpc) is 3.24. The number of hydrogen-bond acceptors (Lipinski definition) is 6. The quantitative estimate of drug-likeness (QED) is 0.658. The SMILES string of the molecule is C[C@@H]1[C@@H]([Si](C)(C)O)[C@H](CCO)O[C@@]12C(=O)Nc1ccc(N3CCOC3=O)cc12. The van der Waals surface area contributed by atoms with Crippen molar-refractivity contribution in [2.75, 3.05) is 30.0 Å². The minimum Gasteiger partial charge on any atom is -0.447 e. The van der Waals surface area contributed by atoms with E-state index in [1.165, 1.54) is 4.90 Å². The van der Waals surface area contributed by atoms with Crippen LogP contribution >= 0.6 is 0 Å². The van der Waals surface area contributed by atoms with Crippen LogP contribution < -0.4 is 10.2 Å². The highest BCUT2D eigenvalue weighted by Gasteiger charge is 2.64. The van der Waals surface area contributed by atoms with Crippen LogP contribution in [0.2, 0.25) is 18.6 Å². The van der Waals surface area contributed by atoms with Crippen LogP contribution in [0, 0.1) is 5.92 Å². The van der Waals surface area contributed by atoms with E-state index in [1.807, 2.05) is 20.0 Å². The molecule has 3 aliphatic heterocycles. The van der Waals surface area contributed by atoms with Crippen LogP contribution in [0.1, 0.15) is 18.9 Å². The first-order valence-corrected chi connectivity index (χ1v) is 12.6. The third-order valence-electron chi connectivity index (χ3n) is 6.21. The third kappa shape index (κ3) is 2.68. The fourth-order valence-electron chi connectivity index (χ4n) is 5.08. The van der Waals surface area contributed by atoms with Crippen LogP contribution in [0.4, 0.5) is 16.2 Å². The summed E-state index contributed by atoms with van der Waals surface area (Å²) in [5, 5.41) is 12.4. The maximum Gasteiger partial charge on any atom is 0.414 e. The number of aliphatic hydroxyl groups excluding tert-OH is 1. The molecule has 0 radical (unpaired) electrons. The summed E-state index contributed by atoms with van der Waals surface area (Å²) < 4.78 is 11.4. The van der Waals surface area contributed by atoms with E-state index < -0.39 is 26.1 Å². The lowest BCUT2D eigenvalue weighted by Crippen LogP contribution is -2.43. The molecular formula is C19H26N2O6Si. The summed E-state index contributed by atoms with van der Waals surface area (Å²) >= 11 is 0. The molecule has 3 N–H and O–H groups in total. The fourth-order valence-corrected chi connectivity index (χ4v) is 7.68. The van der Waals surface area contributed by atoms with Gasteiger partial charge in [-0.3, -0.25) is 9.69 Å². The molecule has 9 heteroatoms. The van der Waals surface area contributed by atoms with E-state index in [0.717, 1.165) is 0 Å². The number of hydrogen-bond donors (Lipinski definition) is 3. The van der Waals surface area contributed by atoms with Crippen molar-refractivity contribution in [3.05, 3.63) is 23.8 Å². The Hall–Kier alpha value is -1.94. The summed E-state index contributed by atoms with van der Waals surface area (Å²) in [4.78, 5) is 37.5. The van der Waals surface area contributed by atoms with Crippen LogP contribution in [0.3, 0.4) is 0 Å². The number of ether oxygens (including phenoxy) is 2. The monoisotopic (exact) mass is 406 g/mol. The van der Waals surface area contributed by atoms with E-state index in [1.54, 1.807) is 18.2 Å². The normalized spacial score (nSPS) is 32.0. The summed E-state index contributed by atoms with van der Waals surface area (Å²) in [6.45, 7) is 6.31. The molecule has 0 aliphatic carbocycles. The number of anilines is 2. The van der Waals surface area contributed by atoms with Gasteiger partial charge in [0.2, 0.25) is 0 Å². The van der Waals surface area contributed by atoms with Crippen LogP contribution in [0.15, 0.2) is 18.2 Å². The van der Waals surface area contributed by atoms with Gasteiger partial charge in [0.15, 0.2) is 13.9 Å². The van der Waals surface area contributed by atoms with Gasteiger partial charge in [-0.15, -0.1) is 0 Å². The number of aliphatic hydroxyl groups is 1. The first kappa shape index (κ1) is 19.4. The molecule has 0 aromatic heterocycles. The molecule has 2 amide bonds. The Morgan fingerprint density at radius 2 is 2.11 bits per heavy atom. The van der Waals surface area contributed by atoms with Crippen molar-refractivity contribution in [1.29, 1.82) is 0 Å². The zero-order valence-electron chi connectivity index (χ0n) is 16.3. The van der Waals surface area contributed by atoms with Gasteiger partial charge in [-0.2, -0.15) is 0 Å². The van der Waals surface area contributed by atoms with E-state index >= 15 is 0 Å². The second-order valence-electron chi connectivity index (χ2n) is 8.32. The van der Waals surface area contributed by atoms with E-state index in [2.05, 4.69) is 5.32 Å². The number of cyclic esters (lactones) is 1. The molecule has 28 heavy (non-hydrogen) atoms. The van der Waals surface area contributed by atoms with E-state index in [9.17, 15) is 19.5 Å². The molecule has 0 saturated carbocycles. The molecule has 3 heterocycles. The summed E-state index contributed by atoms with van der Waals surface area (Å²) in [5.74, 6) is -0.544. The van der Waals surface area contributed by atoms with Gasteiger partial charge < -0.3 is 24.7 Å². The largest absolute Gasteiger partial charge is 0.447 e. The Kier molecular flexibility index (Phi) is 4.53. The number of carbonyl (C=O) groups is 2. The minimum atomic E-state index is -2.68. The van der Waals surface area contributed by atoms with Gasteiger partial charge >= 0.3 is 6.09 Å². The molecule has 3 aliphatic rings. The molecule has 4 atom stereocenters. The highest BCUT2D eigenvalue weighted by Crippen LogP contribution is 2.58. The van der Waals surface area contributed by atoms with Gasteiger partial charge in [-0.05, 0) is 37.7 Å². The number of nitrogens with zero attached hydrogens (tertiary/aromatic N) is 1. The van der Waals surface area contributed by atoms with Crippen LogP contribution in [-0.4, -0.2) is 56.1 Å². The maximum atomic E-state index is 13.1. The zero-order valence-corrected chi connectivity index (χ0v) is 17.3. The Labute approximate surface area is 164 Å². The Balaban J connectivity index is 1.80. The molecule has 1 spiro atoms. The summed E-state index contributed by atoms with van der Waals surface area (Å²) in [6, 6.07) is 5.35. The number of carbonyl (C=O) groups excluding carboxylic acids is 2. The predicted octanol–water partition coefficient (Wildman–Crippen LogP) is 1.78. The first-order valence-electron chi connectivity index (χ1n) is 9.61. The Bertz CT molecular complexity index is 825. The van der Waals surface area contributed by atoms with Crippen molar-refractivity contribution < 1.29 is 29.0 Å². The smallest absolute Gasteiger partial charge is 0.414 e. The van der Waals surface area contributed by atoms with Crippen molar-refractivity contribution in [3.8, 4) is 0 Å². The minimum absolute atomic E-state index is 0.0808. The topological polar surface area (TPSA) is 108 Å². The molecule has 2 fully saturated rings. The molecule has 2 saturated heterocycles. The van der Waals surface area contributed by atoms with Crippen molar-refractivity contribution in [3.63, 3.8) is 0 Å². The number of nitrogens with one attached hydrogen (secondary N) is 1. The summed E-state index contributed by atoms with van der Waals surface area (Å²) in [5.41, 5.74) is 0.513. The zero-order chi connectivity index (χ0) is 20.3. The van der Waals surface area contributed by atoms with E-state index in [4.69, 9.17) is 9.47 Å². The number of fused-ring (bicyclic) bond motifs is 2. The number of rotatable bonds is 4. The molecule has 1 aromatic rings. The van der Waals surface area contributed by atoms with Crippen LogP contribution in [-0.2, 0) is 19.9 Å². The highest BCUT2D eigenvalue weighted by molar-refractivity contribution is 6.71. The molecular weight excluding hydrogens is 380 g/mol. The van der Waals surface area contributed by atoms with Crippen molar-refractivity contribution >= 4 is 31.7 Å². The first-order chi connectivity index (χ1) is 13.2. The van der Waals surface area contributed by atoms with E-state index in [0.29, 0.717) is 36.5 Å². The summed E-state index contributed by atoms with van der Waals surface area (Å²) in [7, 11) is -2.68. The molecule has 0 bridgehead atoms. The molecule has 4 rings (SSSR count). The molecule has 0 unspecified atom stereocenters. The Morgan fingerprint density at radius 1 is 1.36 bits per heavy atom. The van der Waals surface area contributed by atoms with Gasteiger partial charge in [0, 0.05) is 35.0 Å². The number of benzene rings is 1. The fraction of sp³-hybridized carbons (Fsp3) is 0.579. The molecule has 8 nitrogen and oxygen atoms in total. The van der Waals surface area contributed by atoms with Gasteiger partial charge in [-0.1, -0.05) is 6.92 Å². The van der Waals surface area contributed by atoms with Gasteiger partial charge in [0.1, 0.15) is 6.61 Å². The standard InChI is InChI=1S/C19H26N2O6Si/c1-11-16(28(2,3)25)15(6-8-22)27-19(11)13-10-12(21-7-9-26-18(21)24)4-5-14(13)20-17(19)23/h4-5,10-11,15-16,22,25H,6-9H2,1-3H3,(H,20,23)/t11-,15+,16-,19+/m1/s1. The lowest BCUT2D eigenvalue weighted by Gasteiger charge is -2.32. The van der Waals surface area contributed by atoms with Crippen LogP contribution in [0.25, 0.3) is 0 Å². The molecule has 152 valence electrons. The van der Waals surface area contributed by atoms with Gasteiger partial charge in [-0.25, -0.2) is 4.79 Å². The maximum absolute atomic E-state index is 13.1. The van der Waals surface area contributed by atoms with Crippen molar-refractivity contribution in [1.82, 2.24) is 0 Å². The predicted molar refractivity (Wildman–Crippen MR) is 105 cm³/mol. The summed E-state index contributed by atoms with van der Waals surface area (Å²) in [6.07, 6.45) is -0.468. The third-order valence-corrected chi connectivity index (χ3v) is 8.71. The number of amides is 2. The van der Waals surface area contributed by atoms with Gasteiger partial charge in [0.25, 0.3) is 5.91 Å². The second-order valence-corrected chi connectivity index (χ2v) is 12.3. The van der Waals surface area contributed by atoms with Crippen LogP contribution in [0.5, 0.6) is 0 Å². The second kappa shape index (κ2) is 6.55. The highest BCUT2D eigenvalue weighted by atomic mass is 28.4. The Morgan fingerprint density at radius 3 is 2.71 bits per heavy atom. The lowest BCUT2D eigenvalue weighted by molar-refractivity contribution is -0.143. The lowest BCUT2D eigenvalue weighted by atomic mass is 9.82.